The molecule has 1 aliphatic rings. The second-order valence-electron chi connectivity index (χ2n) is 4.54. The van der Waals surface area contributed by atoms with E-state index < -0.39 is 0 Å². The molecular weight excluding hydrogens is 224 g/mol. The number of rotatable bonds is 2. The zero-order chi connectivity index (χ0) is 11.3. The second-order valence-corrected chi connectivity index (χ2v) is 4.90. The Hall–Kier alpha value is -1.16. The van der Waals surface area contributed by atoms with Crippen molar-refractivity contribution in [1.82, 2.24) is 19.5 Å². The van der Waals surface area contributed by atoms with Crippen molar-refractivity contribution in [3.05, 3.63) is 17.3 Å². The Morgan fingerprint density at radius 1 is 1.38 bits per heavy atom. The third kappa shape index (κ3) is 1.40. The van der Waals surface area contributed by atoms with E-state index in [-0.39, 0.29) is 0 Å². The van der Waals surface area contributed by atoms with Crippen LogP contribution in [0.15, 0.2) is 6.33 Å². The van der Waals surface area contributed by atoms with Crippen molar-refractivity contribution >= 4 is 22.8 Å². The topological polar surface area (TPSA) is 43.6 Å². The molecule has 1 saturated carbocycles. The number of aromatic nitrogens is 4. The fourth-order valence-electron chi connectivity index (χ4n) is 2.04. The Kier molecular flexibility index (Phi) is 2.14. The third-order valence-corrected chi connectivity index (χ3v) is 3.20. The predicted molar refractivity (Wildman–Crippen MR) is 62.7 cm³/mol. The molecular formula is C11H13ClN4. The van der Waals surface area contributed by atoms with Gasteiger partial charge in [-0.2, -0.15) is 0 Å². The van der Waals surface area contributed by atoms with Gasteiger partial charge in [0.2, 0.25) is 0 Å². The molecule has 0 radical (unpaired) electrons. The van der Waals surface area contributed by atoms with Crippen molar-refractivity contribution in [3.63, 3.8) is 0 Å². The van der Waals surface area contributed by atoms with Crippen LogP contribution in [0, 0.1) is 0 Å². The highest BCUT2D eigenvalue weighted by Crippen LogP contribution is 2.41. The van der Waals surface area contributed by atoms with Crippen molar-refractivity contribution in [2.75, 3.05) is 0 Å². The van der Waals surface area contributed by atoms with Crippen molar-refractivity contribution in [3.8, 4) is 0 Å². The van der Waals surface area contributed by atoms with Crippen LogP contribution in [0.4, 0.5) is 0 Å². The van der Waals surface area contributed by atoms with E-state index in [0.717, 1.165) is 17.0 Å². The molecule has 0 unspecified atom stereocenters. The summed E-state index contributed by atoms with van der Waals surface area (Å²) in [4.78, 5) is 12.9. The quantitative estimate of drug-likeness (QED) is 0.753. The van der Waals surface area contributed by atoms with Crippen LogP contribution in [0.2, 0.25) is 5.15 Å². The summed E-state index contributed by atoms with van der Waals surface area (Å²) in [5, 5.41) is 0.450. The molecule has 2 aromatic heterocycles. The molecule has 0 aromatic carbocycles. The van der Waals surface area contributed by atoms with Gasteiger partial charge < -0.3 is 4.57 Å². The fourth-order valence-corrected chi connectivity index (χ4v) is 2.21. The summed E-state index contributed by atoms with van der Waals surface area (Å²) >= 11 is 6.05. The highest BCUT2D eigenvalue weighted by molar-refractivity contribution is 6.33. The lowest BCUT2D eigenvalue weighted by molar-refractivity contribution is 0.581. The first kappa shape index (κ1) is 10.0. The molecule has 84 valence electrons. The zero-order valence-corrected chi connectivity index (χ0v) is 10.1. The average Bonchev–Trinajstić information content (AvgIpc) is 2.99. The van der Waals surface area contributed by atoms with Crippen LogP contribution < -0.4 is 0 Å². The van der Waals surface area contributed by atoms with E-state index >= 15 is 0 Å². The van der Waals surface area contributed by atoms with Crippen molar-refractivity contribution < 1.29 is 0 Å². The maximum Gasteiger partial charge on any atom is 0.165 e. The number of imidazole rings is 1. The van der Waals surface area contributed by atoms with Gasteiger partial charge in [-0.1, -0.05) is 11.6 Å². The van der Waals surface area contributed by atoms with Crippen LogP contribution in [0.5, 0.6) is 0 Å². The Labute approximate surface area is 98.7 Å². The van der Waals surface area contributed by atoms with Crippen LogP contribution in [-0.4, -0.2) is 19.5 Å². The Morgan fingerprint density at radius 2 is 2.12 bits per heavy atom. The molecule has 3 rings (SSSR count). The lowest BCUT2D eigenvalue weighted by atomic mass is 10.3. The van der Waals surface area contributed by atoms with Crippen molar-refractivity contribution in [2.24, 2.45) is 0 Å². The minimum Gasteiger partial charge on any atom is -0.310 e. The molecule has 0 amide bonds. The lowest BCUT2D eigenvalue weighted by Crippen LogP contribution is -2.06. The number of nitrogens with zero attached hydrogens (tertiary/aromatic N) is 4. The summed E-state index contributed by atoms with van der Waals surface area (Å²) in [7, 11) is 0. The molecule has 2 aromatic rings. The van der Waals surface area contributed by atoms with Crippen molar-refractivity contribution in [2.45, 2.75) is 38.6 Å². The first-order valence-electron chi connectivity index (χ1n) is 5.57. The molecule has 0 aliphatic heterocycles. The summed E-state index contributed by atoms with van der Waals surface area (Å²) in [5.74, 6) is 1.71. The maximum absolute atomic E-state index is 6.05. The standard InChI is InChI=1S/C11H13ClN4/c1-6(2)16-10(7-3-4-7)15-8-9(12)13-5-14-11(8)16/h5-7H,3-4H2,1-2H3. The normalized spacial score (nSPS) is 16.2. The maximum atomic E-state index is 6.05. The number of halogens is 1. The predicted octanol–water partition coefficient (Wildman–Crippen LogP) is 2.94. The minimum absolute atomic E-state index is 0.353. The Morgan fingerprint density at radius 3 is 2.75 bits per heavy atom. The van der Waals surface area contributed by atoms with Crippen LogP contribution >= 0.6 is 11.6 Å². The summed E-state index contributed by atoms with van der Waals surface area (Å²) in [6.45, 7) is 4.28. The van der Waals surface area contributed by atoms with E-state index in [1.54, 1.807) is 0 Å². The van der Waals surface area contributed by atoms with Gasteiger partial charge in [-0.3, -0.25) is 0 Å². The van der Waals surface area contributed by atoms with E-state index in [1.807, 2.05) is 0 Å². The van der Waals surface area contributed by atoms with Crippen LogP contribution in [0.3, 0.4) is 0 Å². The van der Waals surface area contributed by atoms with Gasteiger partial charge in [-0.05, 0) is 26.7 Å². The van der Waals surface area contributed by atoms with E-state index in [1.165, 1.54) is 19.2 Å². The second kappa shape index (κ2) is 3.42. The summed E-state index contributed by atoms with van der Waals surface area (Å²) < 4.78 is 2.18. The first-order chi connectivity index (χ1) is 7.68. The third-order valence-electron chi connectivity index (χ3n) is 2.92. The molecule has 5 heteroatoms. The Bertz CT molecular complexity index is 542. The number of fused-ring (bicyclic) bond motifs is 1. The number of hydrogen-bond acceptors (Lipinski definition) is 3. The van der Waals surface area contributed by atoms with Gasteiger partial charge in [0.1, 0.15) is 17.7 Å². The van der Waals surface area contributed by atoms with Gasteiger partial charge in [-0.15, -0.1) is 0 Å². The molecule has 1 fully saturated rings. The summed E-state index contributed by atoms with van der Waals surface area (Å²) in [6, 6.07) is 0.353. The number of hydrogen-bond donors (Lipinski definition) is 0. The van der Waals surface area contributed by atoms with Crippen LogP contribution in [-0.2, 0) is 0 Å². The molecule has 1 aliphatic carbocycles. The van der Waals surface area contributed by atoms with Gasteiger partial charge >= 0.3 is 0 Å². The van der Waals surface area contributed by atoms with Gasteiger partial charge in [0.25, 0.3) is 0 Å². The lowest BCUT2D eigenvalue weighted by Gasteiger charge is -2.11. The van der Waals surface area contributed by atoms with E-state index in [4.69, 9.17) is 11.6 Å². The van der Waals surface area contributed by atoms with Gasteiger partial charge in [0, 0.05) is 12.0 Å². The molecule has 16 heavy (non-hydrogen) atoms. The largest absolute Gasteiger partial charge is 0.310 e. The van der Waals surface area contributed by atoms with Gasteiger partial charge in [-0.25, -0.2) is 15.0 Å². The van der Waals surface area contributed by atoms with E-state index in [9.17, 15) is 0 Å². The van der Waals surface area contributed by atoms with Crippen molar-refractivity contribution in [1.29, 1.82) is 0 Å². The SMILES string of the molecule is CC(C)n1c(C2CC2)nc2c(Cl)ncnc21. The van der Waals surface area contributed by atoms with Gasteiger partial charge in [0.15, 0.2) is 10.8 Å². The van der Waals surface area contributed by atoms with Crippen LogP contribution in [0.1, 0.15) is 44.5 Å². The summed E-state index contributed by atoms with van der Waals surface area (Å²) in [5.41, 5.74) is 1.59. The van der Waals surface area contributed by atoms with E-state index in [0.29, 0.717) is 17.1 Å². The van der Waals surface area contributed by atoms with E-state index in [2.05, 4.69) is 33.4 Å². The summed E-state index contributed by atoms with van der Waals surface area (Å²) in [6.07, 6.45) is 3.95. The molecule has 0 atom stereocenters. The highest BCUT2D eigenvalue weighted by Gasteiger charge is 2.31. The monoisotopic (exact) mass is 236 g/mol. The van der Waals surface area contributed by atoms with Crippen LogP contribution in [0.25, 0.3) is 11.2 Å². The molecule has 0 N–H and O–H groups in total. The average molecular weight is 237 g/mol. The molecule has 4 nitrogen and oxygen atoms in total. The minimum atomic E-state index is 0.353. The van der Waals surface area contributed by atoms with Gasteiger partial charge in [0.05, 0.1) is 0 Å². The highest BCUT2D eigenvalue weighted by atomic mass is 35.5. The fraction of sp³-hybridized carbons (Fsp3) is 0.545. The zero-order valence-electron chi connectivity index (χ0n) is 9.31. The molecule has 0 spiro atoms. The Balaban J connectivity index is 2.32. The smallest absolute Gasteiger partial charge is 0.165 e. The molecule has 2 heterocycles. The molecule has 0 saturated heterocycles. The molecule has 0 bridgehead atoms. The first-order valence-corrected chi connectivity index (χ1v) is 5.94.